The topological polar surface area (TPSA) is 56.8 Å². The smallest absolute Gasteiger partial charge is 0.146 e. The van der Waals surface area contributed by atoms with Crippen LogP contribution >= 0.6 is 0 Å². The van der Waals surface area contributed by atoms with Gasteiger partial charge in [-0.05, 0) is 30.0 Å². The van der Waals surface area contributed by atoms with Crippen LogP contribution in [0.3, 0.4) is 0 Å². The molecule has 0 aliphatic carbocycles. The molecule has 3 heteroatoms. The molecule has 0 unspecified atom stereocenters. The van der Waals surface area contributed by atoms with Crippen molar-refractivity contribution in [3.8, 4) is 23.6 Å². The van der Waals surface area contributed by atoms with Crippen molar-refractivity contribution >= 4 is 0 Å². The normalized spacial score (nSPS) is 9.42. The fourth-order valence-corrected chi connectivity index (χ4v) is 2.25. The molecule has 0 fully saturated rings. The van der Waals surface area contributed by atoms with Crippen LogP contribution in [0.2, 0.25) is 0 Å². The molecule has 2 aromatic carbocycles. The van der Waals surface area contributed by atoms with Crippen molar-refractivity contribution in [2.75, 3.05) is 0 Å². The molecule has 0 saturated carbocycles. The highest BCUT2D eigenvalue weighted by molar-refractivity contribution is 5.55. The maximum Gasteiger partial charge on any atom is 0.146 e. The summed E-state index contributed by atoms with van der Waals surface area (Å²) in [4.78, 5) is 0. The summed E-state index contributed by atoms with van der Waals surface area (Å²) in [6, 6.07) is 17.0. The van der Waals surface area contributed by atoms with Crippen molar-refractivity contribution in [2.45, 2.75) is 60.3 Å². The molecular weight excluding hydrogens is 320 g/mol. The molecule has 0 spiro atoms. The average Bonchev–Trinajstić information content (AvgIpc) is 2.71. The molecule has 0 atom stereocenters. The molecule has 0 radical (unpaired) electrons. The molecule has 0 aromatic heterocycles. The van der Waals surface area contributed by atoms with Crippen LogP contribution < -0.4 is 4.74 Å². The molecule has 2 rings (SSSR count). The zero-order chi connectivity index (χ0) is 20.2. The Kier molecular flexibility index (Phi) is 10.5. The molecule has 0 bridgehead atoms. The van der Waals surface area contributed by atoms with Crippen LogP contribution in [0.5, 0.6) is 11.5 Å². The lowest BCUT2D eigenvalue weighted by Gasteiger charge is -2.26. The number of hydrogen-bond donors (Lipinski definition) is 0. The van der Waals surface area contributed by atoms with Gasteiger partial charge in [0.15, 0.2) is 0 Å². The van der Waals surface area contributed by atoms with Crippen molar-refractivity contribution in [3.05, 3.63) is 59.2 Å². The molecule has 0 saturated heterocycles. The first-order valence-electron chi connectivity index (χ1n) is 9.24. The van der Waals surface area contributed by atoms with E-state index in [4.69, 9.17) is 10.00 Å². The van der Waals surface area contributed by atoms with Gasteiger partial charge >= 0.3 is 0 Å². The number of para-hydroxylation sites is 1. The lowest BCUT2D eigenvalue weighted by molar-refractivity contribution is 0.435. The van der Waals surface area contributed by atoms with Crippen LogP contribution in [0.1, 0.15) is 71.6 Å². The van der Waals surface area contributed by atoms with Crippen molar-refractivity contribution in [3.63, 3.8) is 0 Å². The first-order chi connectivity index (χ1) is 12.5. The maximum absolute atomic E-state index is 9.30. The van der Waals surface area contributed by atoms with E-state index in [1.54, 1.807) is 18.2 Å². The quantitative estimate of drug-likeness (QED) is 0.598. The van der Waals surface area contributed by atoms with Gasteiger partial charge in [0.2, 0.25) is 0 Å². The van der Waals surface area contributed by atoms with E-state index in [-0.39, 0.29) is 11.0 Å². The standard InChI is InChI=1S/C19H18N2O.2C2H6/c1-4-19(2,3)16-9-5-6-10-18(16)22-17-11-7-8-14(12-20)15(17)13-21;2*1-2/h5-11H,4H2,1-3H3;2*1-2H3. The minimum atomic E-state index is -0.0315. The van der Waals surface area contributed by atoms with Crippen LogP contribution in [0.4, 0.5) is 0 Å². The van der Waals surface area contributed by atoms with Crippen molar-refractivity contribution in [2.24, 2.45) is 0 Å². The number of nitriles is 2. The van der Waals surface area contributed by atoms with Crippen LogP contribution in [-0.2, 0) is 5.41 Å². The van der Waals surface area contributed by atoms with Gasteiger partial charge < -0.3 is 4.74 Å². The molecule has 0 N–H and O–H groups in total. The fraction of sp³-hybridized carbons (Fsp3) is 0.391. The van der Waals surface area contributed by atoms with Gasteiger partial charge in [0, 0.05) is 5.56 Å². The summed E-state index contributed by atoms with van der Waals surface area (Å²) in [5.41, 5.74) is 1.65. The van der Waals surface area contributed by atoms with E-state index < -0.39 is 0 Å². The zero-order valence-corrected chi connectivity index (χ0v) is 17.1. The van der Waals surface area contributed by atoms with Crippen LogP contribution in [-0.4, -0.2) is 0 Å². The summed E-state index contributed by atoms with van der Waals surface area (Å²) >= 11 is 0. The van der Waals surface area contributed by atoms with E-state index in [1.165, 1.54) is 0 Å². The maximum atomic E-state index is 9.30. The molecule has 0 aliphatic rings. The molecule has 0 aliphatic heterocycles. The Morgan fingerprint density at radius 3 is 1.96 bits per heavy atom. The highest BCUT2D eigenvalue weighted by Gasteiger charge is 2.23. The van der Waals surface area contributed by atoms with Gasteiger partial charge in [0.05, 0.1) is 5.56 Å². The summed E-state index contributed by atoms with van der Waals surface area (Å²) in [6.45, 7) is 14.5. The van der Waals surface area contributed by atoms with E-state index in [0.717, 1.165) is 17.7 Å². The monoisotopic (exact) mass is 350 g/mol. The summed E-state index contributed by atoms with van der Waals surface area (Å²) in [5.74, 6) is 1.14. The minimum Gasteiger partial charge on any atom is -0.456 e. The van der Waals surface area contributed by atoms with Gasteiger partial charge in [-0.1, -0.05) is 72.7 Å². The Hall–Kier alpha value is -2.78. The Morgan fingerprint density at radius 1 is 0.846 bits per heavy atom. The molecule has 0 heterocycles. The Balaban J connectivity index is 0.00000146. The number of benzene rings is 2. The summed E-state index contributed by atoms with van der Waals surface area (Å²) in [5, 5.41) is 18.4. The number of nitrogens with zero attached hydrogens (tertiary/aromatic N) is 2. The largest absolute Gasteiger partial charge is 0.456 e. The first-order valence-corrected chi connectivity index (χ1v) is 9.24. The molecular formula is C23H30N2O. The highest BCUT2D eigenvalue weighted by Crippen LogP contribution is 2.37. The van der Waals surface area contributed by atoms with E-state index in [0.29, 0.717) is 11.3 Å². The van der Waals surface area contributed by atoms with Crippen molar-refractivity contribution < 1.29 is 4.74 Å². The predicted octanol–water partition coefficient (Wildman–Crippen LogP) is 6.96. The number of rotatable bonds is 4. The van der Waals surface area contributed by atoms with E-state index >= 15 is 0 Å². The Labute approximate surface area is 158 Å². The highest BCUT2D eigenvalue weighted by atomic mass is 16.5. The Bertz CT molecular complexity index is 765. The second kappa shape index (κ2) is 11.7. The van der Waals surface area contributed by atoms with Gasteiger partial charge in [-0.3, -0.25) is 0 Å². The summed E-state index contributed by atoms with van der Waals surface area (Å²) < 4.78 is 5.99. The van der Waals surface area contributed by atoms with Gasteiger partial charge in [0.25, 0.3) is 0 Å². The van der Waals surface area contributed by atoms with Crippen LogP contribution in [0.25, 0.3) is 0 Å². The molecule has 2 aromatic rings. The zero-order valence-electron chi connectivity index (χ0n) is 17.1. The summed E-state index contributed by atoms with van der Waals surface area (Å²) in [7, 11) is 0. The van der Waals surface area contributed by atoms with E-state index in [9.17, 15) is 5.26 Å². The third kappa shape index (κ3) is 5.64. The fourth-order valence-electron chi connectivity index (χ4n) is 2.25. The van der Waals surface area contributed by atoms with Crippen LogP contribution in [0.15, 0.2) is 42.5 Å². The average molecular weight is 351 g/mol. The van der Waals surface area contributed by atoms with Gasteiger partial charge in [-0.15, -0.1) is 0 Å². The van der Waals surface area contributed by atoms with Crippen LogP contribution in [0, 0.1) is 22.7 Å². The second-order valence-electron chi connectivity index (χ2n) is 5.74. The molecule has 0 amide bonds. The molecule has 3 nitrogen and oxygen atoms in total. The lowest BCUT2D eigenvalue weighted by atomic mass is 9.82. The number of hydrogen-bond acceptors (Lipinski definition) is 3. The van der Waals surface area contributed by atoms with Gasteiger partial charge in [-0.2, -0.15) is 10.5 Å². The van der Waals surface area contributed by atoms with E-state index in [2.05, 4.69) is 26.8 Å². The van der Waals surface area contributed by atoms with Crippen molar-refractivity contribution in [1.29, 1.82) is 10.5 Å². The predicted molar refractivity (Wildman–Crippen MR) is 108 cm³/mol. The number of ether oxygens (including phenoxy) is 1. The molecule has 138 valence electrons. The third-order valence-electron chi connectivity index (χ3n) is 3.98. The van der Waals surface area contributed by atoms with E-state index in [1.807, 2.05) is 58.0 Å². The molecule has 26 heavy (non-hydrogen) atoms. The lowest BCUT2D eigenvalue weighted by Crippen LogP contribution is -2.16. The van der Waals surface area contributed by atoms with Gasteiger partial charge in [0.1, 0.15) is 29.2 Å². The summed E-state index contributed by atoms with van der Waals surface area (Å²) in [6.07, 6.45) is 0.969. The third-order valence-corrected chi connectivity index (χ3v) is 3.98. The van der Waals surface area contributed by atoms with Crippen molar-refractivity contribution in [1.82, 2.24) is 0 Å². The Morgan fingerprint density at radius 2 is 1.42 bits per heavy atom. The SMILES string of the molecule is CC.CC.CCC(C)(C)c1ccccc1Oc1cccc(C#N)c1C#N. The van der Waals surface area contributed by atoms with Gasteiger partial charge in [-0.25, -0.2) is 0 Å². The minimum absolute atomic E-state index is 0.0315. The second-order valence-corrected chi connectivity index (χ2v) is 5.74. The first kappa shape index (κ1) is 23.2.